The van der Waals surface area contributed by atoms with Gasteiger partial charge in [-0.3, -0.25) is 9.69 Å². The van der Waals surface area contributed by atoms with Crippen molar-refractivity contribution in [3.8, 4) is 0 Å². The van der Waals surface area contributed by atoms with Gasteiger partial charge < -0.3 is 9.73 Å². The first-order valence-electron chi connectivity index (χ1n) is 8.86. The first-order chi connectivity index (χ1) is 12.6. The first kappa shape index (κ1) is 17.1. The molecule has 0 spiro atoms. The van der Waals surface area contributed by atoms with Crippen molar-refractivity contribution in [2.45, 2.75) is 25.9 Å². The summed E-state index contributed by atoms with van der Waals surface area (Å²) >= 11 is 6.18. The van der Waals surface area contributed by atoms with E-state index in [2.05, 4.69) is 34.5 Å². The summed E-state index contributed by atoms with van der Waals surface area (Å²) in [5.41, 5.74) is 2.70. The second-order valence-electron chi connectivity index (χ2n) is 6.85. The number of likely N-dealkylation sites (tertiary alicyclic amines) is 1. The van der Waals surface area contributed by atoms with E-state index in [1.54, 1.807) is 6.07 Å². The fourth-order valence-corrected chi connectivity index (χ4v) is 3.83. The number of halogens is 1. The number of furan rings is 1. The highest BCUT2D eigenvalue weighted by Crippen LogP contribution is 2.30. The van der Waals surface area contributed by atoms with Crippen LogP contribution in [0.3, 0.4) is 0 Å². The third kappa shape index (κ3) is 3.35. The van der Waals surface area contributed by atoms with Gasteiger partial charge in [0.25, 0.3) is 5.91 Å². The molecule has 1 aromatic heterocycles. The SMILES string of the molecule is Cc1c(C(=O)N[C@H]2CCN(Cc3ccccc3)C2)oc2c(Cl)cccc12. The molecule has 0 saturated carbocycles. The molecule has 1 amide bonds. The maximum atomic E-state index is 12.7. The molecule has 0 aliphatic carbocycles. The van der Waals surface area contributed by atoms with Crippen molar-refractivity contribution < 1.29 is 9.21 Å². The van der Waals surface area contributed by atoms with E-state index in [4.69, 9.17) is 16.0 Å². The molecule has 0 bridgehead atoms. The predicted octanol–water partition coefficient (Wildman–Crippen LogP) is 4.40. The zero-order chi connectivity index (χ0) is 18.1. The van der Waals surface area contributed by atoms with Gasteiger partial charge in [0, 0.05) is 36.6 Å². The van der Waals surface area contributed by atoms with Crippen molar-refractivity contribution in [2.24, 2.45) is 0 Å². The van der Waals surface area contributed by atoms with E-state index in [0.717, 1.165) is 37.0 Å². The molecule has 4 nitrogen and oxygen atoms in total. The molecule has 4 rings (SSSR count). The number of benzene rings is 2. The van der Waals surface area contributed by atoms with Crippen LogP contribution in [0.2, 0.25) is 5.02 Å². The summed E-state index contributed by atoms with van der Waals surface area (Å²) in [7, 11) is 0. The van der Waals surface area contributed by atoms with E-state index >= 15 is 0 Å². The van der Waals surface area contributed by atoms with E-state index in [0.29, 0.717) is 16.4 Å². The van der Waals surface area contributed by atoms with E-state index in [1.807, 2.05) is 25.1 Å². The largest absolute Gasteiger partial charge is 0.449 e. The zero-order valence-electron chi connectivity index (χ0n) is 14.7. The minimum absolute atomic E-state index is 0.134. The van der Waals surface area contributed by atoms with Crippen LogP contribution in [0.4, 0.5) is 0 Å². The molecule has 1 saturated heterocycles. The van der Waals surface area contributed by atoms with Crippen molar-refractivity contribution in [3.05, 3.63) is 70.4 Å². The lowest BCUT2D eigenvalue weighted by Crippen LogP contribution is -2.37. The average Bonchev–Trinajstić information content (AvgIpc) is 3.21. The molecule has 0 unspecified atom stereocenters. The van der Waals surface area contributed by atoms with Gasteiger partial charge in [-0.25, -0.2) is 0 Å². The van der Waals surface area contributed by atoms with Crippen LogP contribution < -0.4 is 5.32 Å². The van der Waals surface area contributed by atoms with Crippen LogP contribution in [0.15, 0.2) is 52.9 Å². The van der Waals surface area contributed by atoms with E-state index < -0.39 is 0 Å². The summed E-state index contributed by atoms with van der Waals surface area (Å²) in [6, 6.07) is 16.1. The number of rotatable bonds is 4. The van der Waals surface area contributed by atoms with Gasteiger partial charge in [-0.15, -0.1) is 0 Å². The molecule has 2 aromatic carbocycles. The Hall–Kier alpha value is -2.30. The van der Waals surface area contributed by atoms with Gasteiger partial charge in [-0.05, 0) is 25.0 Å². The Morgan fingerprint density at radius 3 is 2.81 bits per heavy atom. The summed E-state index contributed by atoms with van der Waals surface area (Å²) in [4.78, 5) is 15.1. The quantitative estimate of drug-likeness (QED) is 0.742. The number of aryl methyl sites for hydroxylation is 1. The number of hydrogen-bond donors (Lipinski definition) is 1. The Morgan fingerprint density at radius 1 is 1.23 bits per heavy atom. The fraction of sp³-hybridized carbons (Fsp3) is 0.286. The van der Waals surface area contributed by atoms with Gasteiger partial charge >= 0.3 is 0 Å². The monoisotopic (exact) mass is 368 g/mol. The number of nitrogens with zero attached hydrogens (tertiary/aromatic N) is 1. The minimum Gasteiger partial charge on any atom is -0.449 e. The van der Waals surface area contributed by atoms with Crippen molar-refractivity contribution in [3.63, 3.8) is 0 Å². The average molecular weight is 369 g/mol. The second kappa shape index (κ2) is 7.14. The maximum absolute atomic E-state index is 12.7. The molecule has 1 aliphatic rings. The molecule has 1 atom stereocenters. The lowest BCUT2D eigenvalue weighted by molar-refractivity contribution is 0.0911. The number of carbonyl (C=O) groups excluding carboxylic acids is 1. The molecule has 3 aromatic rings. The third-order valence-electron chi connectivity index (χ3n) is 4.98. The van der Waals surface area contributed by atoms with Gasteiger partial charge in [-0.1, -0.05) is 54.1 Å². The summed E-state index contributed by atoms with van der Waals surface area (Å²) in [6.45, 7) is 4.63. The smallest absolute Gasteiger partial charge is 0.287 e. The number of fused-ring (bicyclic) bond motifs is 1. The molecule has 134 valence electrons. The zero-order valence-corrected chi connectivity index (χ0v) is 15.4. The Morgan fingerprint density at radius 2 is 2.04 bits per heavy atom. The summed E-state index contributed by atoms with van der Waals surface area (Å²) < 4.78 is 5.77. The maximum Gasteiger partial charge on any atom is 0.287 e. The Balaban J connectivity index is 1.43. The van der Waals surface area contributed by atoms with Crippen molar-refractivity contribution >= 4 is 28.5 Å². The van der Waals surface area contributed by atoms with Gasteiger partial charge in [0.05, 0.1) is 5.02 Å². The predicted molar refractivity (Wildman–Crippen MR) is 104 cm³/mol. The highest BCUT2D eigenvalue weighted by atomic mass is 35.5. The van der Waals surface area contributed by atoms with E-state index in [9.17, 15) is 4.79 Å². The van der Waals surface area contributed by atoms with Crippen LogP contribution in [-0.2, 0) is 6.54 Å². The second-order valence-corrected chi connectivity index (χ2v) is 7.26. The topological polar surface area (TPSA) is 45.5 Å². The van der Waals surface area contributed by atoms with Gasteiger partial charge in [0.1, 0.15) is 0 Å². The lowest BCUT2D eigenvalue weighted by atomic mass is 10.1. The Bertz CT molecular complexity index is 936. The van der Waals surface area contributed by atoms with Crippen LogP contribution >= 0.6 is 11.6 Å². The van der Waals surface area contributed by atoms with Gasteiger partial charge in [0.15, 0.2) is 11.3 Å². The molecule has 2 heterocycles. The summed E-state index contributed by atoms with van der Waals surface area (Å²) in [6.07, 6.45) is 0.943. The molecule has 26 heavy (non-hydrogen) atoms. The number of nitrogens with one attached hydrogen (secondary N) is 1. The molecule has 0 radical (unpaired) electrons. The van der Waals surface area contributed by atoms with Gasteiger partial charge in [0.2, 0.25) is 0 Å². The molecule has 1 N–H and O–H groups in total. The van der Waals surface area contributed by atoms with Crippen molar-refractivity contribution in [1.29, 1.82) is 0 Å². The fourth-order valence-electron chi connectivity index (χ4n) is 3.61. The third-order valence-corrected chi connectivity index (χ3v) is 5.28. The van der Waals surface area contributed by atoms with Crippen molar-refractivity contribution in [1.82, 2.24) is 10.2 Å². The molecular weight excluding hydrogens is 348 g/mol. The minimum atomic E-state index is -0.165. The number of hydrogen-bond acceptors (Lipinski definition) is 3. The van der Waals surface area contributed by atoms with Crippen LogP contribution in [0.5, 0.6) is 0 Å². The summed E-state index contributed by atoms with van der Waals surface area (Å²) in [5.74, 6) is 0.191. The Labute approximate surface area is 157 Å². The van der Waals surface area contributed by atoms with E-state index in [-0.39, 0.29) is 11.9 Å². The van der Waals surface area contributed by atoms with Crippen molar-refractivity contribution in [2.75, 3.05) is 13.1 Å². The highest BCUT2D eigenvalue weighted by molar-refractivity contribution is 6.35. The standard InChI is InChI=1S/C21H21ClN2O2/c1-14-17-8-5-9-18(22)20(17)26-19(14)21(25)23-16-10-11-24(13-16)12-15-6-3-2-4-7-15/h2-9,16H,10-13H2,1H3,(H,23,25)/t16-/m0/s1. The molecule has 5 heteroatoms. The highest BCUT2D eigenvalue weighted by Gasteiger charge is 2.26. The summed E-state index contributed by atoms with van der Waals surface area (Å²) in [5, 5.41) is 4.53. The first-order valence-corrected chi connectivity index (χ1v) is 9.24. The molecule has 1 fully saturated rings. The molecular formula is C21H21ClN2O2. The van der Waals surface area contributed by atoms with Crippen LogP contribution in [0.25, 0.3) is 11.0 Å². The number of carbonyl (C=O) groups is 1. The van der Waals surface area contributed by atoms with Gasteiger partial charge in [-0.2, -0.15) is 0 Å². The number of amides is 1. The van der Waals surface area contributed by atoms with Crippen LogP contribution in [0, 0.1) is 6.92 Å². The van der Waals surface area contributed by atoms with E-state index in [1.165, 1.54) is 5.56 Å². The van der Waals surface area contributed by atoms with Crippen LogP contribution in [0.1, 0.15) is 28.1 Å². The molecule has 1 aliphatic heterocycles. The normalized spacial score (nSPS) is 17.7. The van der Waals surface area contributed by atoms with Crippen LogP contribution in [-0.4, -0.2) is 29.9 Å². The Kier molecular flexibility index (Phi) is 4.70. The lowest BCUT2D eigenvalue weighted by Gasteiger charge is -2.16. The number of para-hydroxylation sites is 1.